The van der Waals surface area contributed by atoms with Crippen molar-refractivity contribution >= 4 is 11.9 Å². The van der Waals surface area contributed by atoms with Crippen LogP contribution in [0.3, 0.4) is 0 Å². The molecule has 0 radical (unpaired) electrons. The van der Waals surface area contributed by atoms with E-state index in [1.165, 1.54) is 0 Å². The summed E-state index contributed by atoms with van der Waals surface area (Å²) in [5.41, 5.74) is 7.94. The summed E-state index contributed by atoms with van der Waals surface area (Å²) in [6.07, 6.45) is 1.64. The first-order valence-corrected chi connectivity index (χ1v) is 6.51. The largest absolute Gasteiger partial charge is 0.370 e. The molecule has 1 aliphatic heterocycles. The number of benzene rings is 1. The number of nitrogens with two attached hydrogens (primary N) is 1. The number of amides is 1. The molecule has 0 bridgehead atoms. The summed E-state index contributed by atoms with van der Waals surface area (Å²) < 4.78 is 0. The number of carbonyl (C=O) groups excluding carboxylic acids is 1. The van der Waals surface area contributed by atoms with Crippen LogP contribution in [0.15, 0.2) is 29.3 Å². The van der Waals surface area contributed by atoms with Crippen LogP contribution in [0.5, 0.6) is 0 Å². The Labute approximate surface area is 113 Å². The van der Waals surface area contributed by atoms with Crippen LogP contribution in [0, 0.1) is 0 Å². The van der Waals surface area contributed by atoms with Gasteiger partial charge in [0, 0.05) is 33.1 Å². The van der Waals surface area contributed by atoms with Gasteiger partial charge in [0.05, 0.1) is 0 Å². The number of likely N-dealkylation sites (tertiary alicyclic amines) is 1. The first-order chi connectivity index (χ1) is 9.20. The van der Waals surface area contributed by atoms with Gasteiger partial charge in [-0.25, -0.2) is 0 Å². The predicted molar refractivity (Wildman–Crippen MR) is 75.5 cm³/mol. The van der Waals surface area contributed by atoms with Crippen LogP contribution in [0.25, 0.3) is 0 Å². The number of carbonyl (C=O) groups is 1. The highest BCUT2D eigenvalue weighted by Gasteiger charge is 2.20. The predicted octanol–water partition coefficient (Wildman–Crippen LogP) is 0.843. The summed E-state index contributed by atoms with van der Waals surface area (Å²) in [7, 11) is 1.65. The Morgan fingerprint density at radius 2 is 2.16 bits per heavy atom. The number of guanidine groups is 1. The maximum Gasteiger partial charge on any atom is 0.222 e. The quantitative estimate of drug-likeness (QED) is 0.622. The minimum absolute atomic E-state index is 0.248. The smallest absolute Gasteiger partial charge is 0.222 e. The summed E-state index contributed by atoms with van der Waals surface area (Å²) in [5.74, 6) is 0.671. The molecule has 1 heterocycles. The van der Waals surface area contributed by atoms with Crippen molar-refractivity contribution in [1.82, 2.24) is 10.2 Å². The highest BCUT2D eigenvalue weighted by Crippen LogP contribution is 2.17. The zero-order valence-electron chi connectivity index (χ0n) is 11.2. The van der Waals surface area contributed by atoms with Crippen molar-refractivity contribution in [2.24, 2.45) is 10.7 Å². The molecule has 0 saturated carbocycles. The van der Waals surface area contributed by atoms with Gasteiger partial charge in [-0.2, -0.15) is 0 Å². The van der Waals surface area contributed by atoms with Gasteiger partial charge in [-0.1, -0.05) is 24.3 Å². The molecule has 102 valence electrons. The maximum atomic E-state index is 11.7. The number of nitrogens with zero attached hydrogens (tertiary/aromatic N) is 2. The Morgan fingerprint density at radius 3 is 2.79 bits per heavy atom. The standard InChI is InChI=1S/C14H20N4O/c1-16-14(15)17-9-11-5-2-3-6-12(11)10-18-8-4-7-13(18)19/h2-3,5-6H,4,7-10H2,1H3,(H3,15,16,17). The van der Waals surface area contributed by atoms with E-state index in [2.05, 4.69) is 16.4 Å². The van der Waals surface area contributed by atoms with Crippen LogP contribution < -0.4 is 11.1 Å². The van der Waals surface area contributed by atoms with Crippen molar-refractivity contribution in [2.45, 2.75) is 25.9 Å². The van der Waals surface area contributed by atoms with Crippen LogP contribution in [-0.2, 0) is 17.9 Å². The number of aliphatic imine (C=N–C) groups is 1. The molecule has 1 aromatic rings. The van der Waals surface area contributed by atoms with Crippen molar-refractivity contribution in [3.63, 3.8) is 0 Å². The Morgan fingerprint density at radius 1 is 1.42 bits per heavy atom. The highest BCUT2D eigenvalue weighted by molar-refractivity contribution is 5.78. The van der Waals surface area contributed by atoms with E-state index >= 15 is 0 Å². The second-order valence-corrected chi connectivity index (χ2v) is 4.65. The third-order valence-corrected chi connectivity index (χ3v) is 3.35. The van der Waals surface area contributed by atoms with E-state index in [-0.39, 0.29) is 5.91 Å². The van der Waals surface area contributed by atoms with Gasteiger partial charge in [0.2, 0.25) is 5.91 Å². The molecule has 0 unspecified atom stereocenters. The van der Waals surface area contributed by atoms with E-state index in [0.29, 0.717) is 25.5 Å². The van der Waals surface area contributed by atoms with Crippen molar-refractivity contribution < 1.29 is 4.79 Å². The van der Waals surface area contributed by atoms with Crippen LogP contribution in [0.1, 0.15) is 24.0 Å². The SMILES string of the molecule is CN=C(N)NCc1ccccc1CN1CCCC1=O. The molecular weight excluding hydrogens is 240 g/mol. The van der Waals surface area contributed by atoms with E-state index < -0.39 is 0 Å². The van der Waals surface area contributed by atoms with E-state index in [4.69, 9.17) is 5.73 Å². The zero-order valence-corrected chi connectivity index (χ0v) is 11.2. The molecule has 0 aliphatic carbocycles. The van der Waals surface area contributed by atoms with Crippen molar-refractivity contribution in [3.05, 3.63) is 35.4 Å². The van der Waals surface area contributed by atoms with Crippen LogP contribution in [0.2, 0.25) is 0 Å². The fourth-order valence-electron chi connectivity index (χ4n) is 2.23. The summed E-state index contributed by atoms with van der Waals surface area (Å²) in [4.78, 5) is 17.5. The monoisotopic (exact) mass is 260 g/mol. The molecule has 1 saturated heterocycles. The highest BCUT2D eigenvalue weighted by atomic mass is 16.2. The number of rotatable bonds is 4. The van der Waals surface area contributed by atoms with Gasteiger partial charge < -0.3 is 16.0 Å². The van der Waals surface area contributed by atoms with Crippen LogP contribution in [0.4, 0.5) is 0 Å². The lowest BCUT2D eigenvalue weighted by atomic mass is 10.1. The molecule has 0 aromatic heterocycles. The fraction of sp³-hybridized carbons (Fsp3) is 0.429. The maximum absolute atomic E-state index is 11.7. The van der Waals surface area contributed by atoms with Gasteiger partial charge in [0.1, 0.15) is 0 Å². The Kier molecular flexibility index (Phi) is 4.39. The third kappa shape index (κ3) is 3.47. The van der Waals surface area contributed by atoms with Gasteiger partial charge in [-0.3, -0.25) is 9.79 Å². The Balaban J connectivity index is 2.05. The van der Waals surface area contributed by atoms with Gasteiger partial charge >= 0.3 is 0 Å². The molecule has 1 fully saturated rings. The minimum atomic E-state index is 0.248. The molecule has 0 spiro atoms. The summed E-state index contributed by atoms with van der Waals surface area (Å²) in [6.45, 7) is 2.17. The minimum Gasteiger partial charge on any atom is -0.370 e. The molecule has 1 amide bonds. The molecule has 2 rings (SSSR count). The van der Waals surface area contributed by atoms with Gasteiger partial charge in [0.25, 0.3) is 0 Å². The van der Waals surface area contributed by atoms with Crippen molar-refractivity contribution in [1.29, 1.82) is 0 Å². The number of hydrogen-bond donors (Lipinski definition) is 2. The molecule has 1 aliphatic rings. The van der Waals surface area contributed by atoms with E-state index in [0.717, 1.165) is 24.1 Å². The average Bonchev–Trinajstić information content (AvgIpc) is 2.83. The number of hydrogen-bond acceptors (Lipinski definition) is 2. The average molecular weight is 260 g/mol. The second kappa shape index (κ2) is 6.22. The zero-order chi connectivity index (χ0) is 13.7. The summed E-state index contributed by atoms with van der Waals surface area (Å²) in [6, 6.07) is 8.09. The second-order valence-electron chi connectivity index (χ2n) is 4.65. The molecule has 5 nitrogen and oxygen atoms in total. The molecule has 3 N–H and O–H groups in total. The van der Waals surface area contributed by atoms with Gasteiger partial charge in [-0.05, 0) is 17.5 Å². The van der Waals surface area contributed by atoms with Crippen LogP contribution >= 0.6 is 0 Å². The summed E-state index contributed by atoms with van der Waals surface area (Å²) >= 11 is 0. The Bertz CT molecular complexity index is 484. The lowest BCUT2D eigenvalue weighted by molar-refractivity contribution is -0.128. The molecule has 19 heavy (non-hydrogen) atoms. The topological polar surface area (TPSA) is 70.7 Å². The molecule has 1 aromatic carbocycles. The van der Waals surface area contributed by atoms with Gasteiger partial charge in [0.15, 0.2) is 5.96 Å². The van der Waals surface area contributed by atoms with Crippen molar-refractivity contribution in [2.75, 3.05) is 13.6 Å². The number of nitrogens with one attached hydrogen (secondary N) is 1. The first-order valence-electron chi connectivity index (χ1n) is 6.51. The van der Waals surface area contributed by atoms with E-state index in [1.54, 1.807) is 7.05 Å². The van der Waals surface area contributed by atoms with E-state index in [1.807, 2.05) is 23.1 Å². The van der Waals surface area contributed by atoms with Crippen LogP contribution in [-0.4, -0.2) is 30.4 Å². The normalized spacial score (nSPS) is 15.9. The van der Waals surface area contributed by atoms with Gasteiger partial charge in [-0.15, -0.1) is 0 Å². The molecular formula is C14H20N4O. The molecule has 5 heteroatoms. The van der Waals surface area contributed by atoms with E-state index in [9.17, 15) is 4.79 Å². The third-order valence-electron chi connectivity index (χ3n) is 3.35. The lowest BCUT2D eigenvalue weighted by Gasteiger charge is -2.18. The molecule has 0 atom stereocenters. The Hall–Kier alpha value is -2.04. The summed E-state index contributed by atoms with van der Waals surface area (Å²) in [5, 5.41) is 3.05. The lowest BCUT2D eigenvalue weighted by Crippen LogP contribution is -2.31. The fourth-order valence-corrected chi connectivity index (χ4v) is 2.23. The van der Waals surface area contributed by atoms with Crippen molar-refractivity contribution in [3.8, 4) is 0 Å². The first kappa shape index (κ1) is 13.4.